The highest BCUT2D eigenvalue weighted by atomic mass is 79.9. The molecule has 0 bridgehead atoms. The van der Waals surface area contributed by atoms with Crippen LogP contribution in [0.25, 0.3) is 0 Å². The number of carbonyl (C=O) groups is 2. The zero-order valence-electron chi connectivity index (χ0n) is 11.6. The fourth-order valence-corrected chi connectivity index (χ4v) is 1.70. The molecule has 0 unspecified atom stereocenters. The Morgan fingerprint density at radius 2 is 2.00 bits per heavy atom. The predicted molar refractivity (Wildman–Crippen MR) is 78.5 cm³/mol. The van der Waals surface area contributed by atoms with Crippen molar-refractivity contribution in [2.45, 2.75) is 26.8 Å². The Bertz CT molecular complexity index is 502. The first-order valence-electron chi connectivity index (χ1n) is 6.26. The van der Waals surface area contributed by atoms with Crippen molar-refractivity contribution in [1.82, 2.24) is 5.32 Å². The van der Waals surface area contributed by atoms with E-state index in [1.165, 1.54) is 12.1 Å². The van der Waals surface area contributed by atoms with Crippen molar-refractivity contribution in [2.75, 3.05) is 6.61 Å². The Morgan fingerprint density at radius 1 is 1.35 bits per heavy atom. The number of nitrogens with one attached hydrogen (secondary N) is 1. The van der Waals surface area contributed by atoms with Gasteiger partial charge >= 0.3 is 5.97 Å². The summed E-state index contributed by atoms with van der Waals surface area (Å²) in [5, 5.41) is 12.3. The number of aromatic hydroxyl groups is 1. The molecule has 0 aromatic heterocycles. The highest BCUT2D eigenvalue weighted by molar-refractivity contribution is 9.10. The summed E-state index contributed by atoms with van der Waals surface area (Å²) in [6.07, 6.45) is 0. The van der Waals surface area contributed by atoms with E-state index in [9.17, 15) is 14.7 Å². The number of hydrogen-bond acceptors (Lipinski definition) is 4. The summed E-state index contributed by atoms with van der Waals surface area (Å²) in [5.74, 6) is -0.997. The van der Waals surface area contributed by atoms with Gasteiger partial charge in [0, 0.05) is 10.5 Å². The van der Waals surface area contributed by atoms with Gasteiger partial charge in [0.1, 0.15) is 11.3 Å². The van der Waals surface area contributed by atoms with E-state index in [4.69, 9.17) is 4.74 Å². The number of phenolic OH excluding ortho intramolecular Hbond substituents is 1. The van der Waals surface area contributed by atoms with E-state index < -0.39 is 5.97 Å². The Morgan fingerprint density at radius 3 is 2.60 bits per heavy atom. The van der Waals surface area contributed by atoms with Crippen molar-refractivity contribution in [2.24, 2.45) is 5.92 Å². The monoisotopic (exact) mass is 343 g/mol. The lowest BCUT2D eigenvalue weighted by molar-refractivity contribution is -0.125. The molecule has 1 amide bonds. The first-order valence-corrected chi connectivity index (χ1v) is 7.05. The Hall–Kier alpha value is -1.56. The molecule has 6 heteroatoms. The lowest BCUT2D eigenvalue weighted by atomic mass is 10.1. The highest BCUT2D eigenvalue weighted by Crippen LogP contribution is 2.22. The van der Waals surface area contributed by atoms with Crippen molar-refractivity contribution in [3.05, 3.63) is 28.2 Å². The summed E-state index contributed by atoms with van der Waals surface area (Å²) in [6.45, 7) is 5.47. The van der Waals surface area contributed by atoms with E-state index in [0.29, 0.717) is 10.4 Å². The lowest BCUT2D eigenvalue weighted by Gasteiger charge is -2.17. The van der Waals surface area contributed by atoms with Crippen LogP contribution in [0.3, 0.4) is 0 Å². The Kier molecular flexibility index (Phi) is 6.01. The van der Waals surface area contributed by atoms with Crippen LogP contribution in [0.4, 0.5) is 0 Å². The van der Waals surface area contributed by atoms with Gasteiger partial charge in [-0.15, -0.1) is 0 Å². The van der Waals surface area contributed by atoms with Gasteiger partial charge in [-0.2, -0.15) is 0 Å². The van der Waals surface area contributed by atoms with Gasteiger partial charge < -0.3 is 15.2 Å². The first-order chi connectivity index (χ1) is 9.31. The van der Waals surface area contributed by atoms with Gasteiger partial charge in [-0.1, -0.05) is 29.8 Å². The van der Waals surface area contributed by atoms with Crippen LogP contribution in [-0.4, -0.2) is 29.6 Å². The summed E-state index contributed by atoms with van der Waals surface area (Å²) in [4.78, 5) is 23.3. The molecule has 0 spiro atoms. The highest BCUT2D eigenvalue weighted by Gasteiger charge is 2.16. The number of halogens is 1. The van der Waals surface area contributed by atoms with Crippen LogP contribution in [0.1, 0.15) is 31.1 Å². The van der Waals surface area contributed by atoms with Crippen molar-refractivity contribution >= 4 is 27.8 Å². The minimum atomic E-state index is -0.740. The van der Waals surface area contributed by atoms with Crippen molar-refractivity contribution in [1.29, 1.82) is 0 Å². The number of ether oxygens (including phenoxy) is 1. The fraction of sp³-hybridized carbons (Fsp3) is 0.429. The average molecular weight is 344 g/mol. The summed E-state index contributed by atoms with van der Waals surface area (Å²) in [7, 11) is 0. The number of rotatable bonds is 5. The van der Waals surface area contributed by atoms with Gasteiger partial charge in [-0.05, 0) is 31.0 Å². The van der Waals surface area contributed by atoms with Crippen LogP contribution >= 0.6 is 15.9 Å². The number of phenols is 1. The number of carbonyl (C=O) groups excluding carboxylic acids is 2. The van der Waals surface area contributed by atoms with Crippen LogP contribution in [0, 0.1) is 5.92 Å². The zero-order chi connectivity index (χ0) is 15.3. The van der Waals surface area contributed by atoms with E-state index in [-0.39, 0.29) is 29.9 Å². The topological polar surface area (TPSA) is 75.6 Å². The molecule has 0 saturated heterocycles. The van der Waals surface area contributed by atoms with Crippen LogP contribution in [0.5, 0.6) is 5.75 Å². The lowest BCUT2D eigenvalue weighted by Crippen LogP contribution is -2.38. The maximum atomic E-state index is 11.8. The van der Waals surface area contributed by atoms with E-state index >= 15 is 0 Å². The maximum absolute atomic E-state index is 11.8. The predicted octanol–water partition coefficient (Wildman–Crippen LogP) is 2.47. The molecule has 0 saturated carbocycles. The Balaban J connectivity index is 2.55. The molecule has 110 valence electrons. The fourth-order valence-electron chi connectivity index (χ4n) is 1.34. The molecule has 1 aromatic carbocycles. The smallest absolute Gasteiger partial charge is 0.342 e. The van der Waals surface area contributed by atoms with Crippen LogP contribution in [0.15, 0.2) is 22.7 Å². The summed E-state index contributed by atoms with van der Waals surface area (Å²) >= 11 is 3.20. The number of esters is 1. The van der Waals surface area contributed by atoms with Crippen LogP contribution in [0.2, 0.25) is 0 Å². The third-order valence-electron chi connectivity index (χ3n) is 2.90. The quantitative estimate of drug-likeness (QED) is 0.805. The van der Waals surface area contributed by atoms with Crippen molar-refractivity contribution in [3.8, 4) is 5.75 Å². The van der Waals surface area contributed by atoms with Crippen molar-refractivity contribution < 1.29 is 19.4 Å². The summed E-state index contributed by atoms with van der Waals surface area (Å²) < 4.78 is 5.51. The van der Waals surface area contributed by atoms with E-state index in [2.05, 4.69) is 21.2 Å². The number of benzene rings is 1. The van der Waals surface area contributed by atoms with Gasteiger partial charge in [0.15, 0.2) is 6.61 Å². The molecule has 1 rings (SSSR count). The molecule has 20 heavy (non-hydrogen) atoms. The molecular formula is C14H18BrNO4. The minimum Gasteiger partial charge on any atom is -0.507 e. The third kappa shape index (κ3) is 4.85. The molecule has 0 radical (unpaired) electrons. The molecule has 1 aromatic rings. The molecule has 2 N–H and O–H groups in total. The molecule has 0 aliphatic carbocycles. The van der Waals surface area contributed by atoms with E-state index in [1.54, 1.807) is 6.07 Å². The summed E-state index contributed by atoms with van der Waals surface area (Å²) in [6, 6.07) is 4.41. The average Bonchev–Trinajstić information content (AvgIpc) is 2.38. The van der Waals surface area contributed by atoms with Crippen LogP contribution < -0.4 is 5.32 Å². The SMILES string of the molecule is CC(C)[C@H](C)NC(=O)COC(=O)c1cc(Br)ccc1O. The second kappa shape index (κ2) is 7.28. The normalized spacial score (nSPS) is 12.1. The van der Waals surface area contributed by atoms with Gasteiger partial charge in [-0.25, -0.2) is 4.79 Å². The zero-order valence-corrected chi connectivity index (χ0v) is 13.2. The molecule has 0 aliphatic rings. The molecule has 0 fully saturated rings. The van der Waals surface area contributed by atoms with Crippen LogP contribution in [-0.2, 0) is 9.53 Å². The second-order valence-electron chi connectivity index (χ2n) is 4.84. The summed E-state index contributed by atoms with van der Waals surface area (Å²) in [5.41, 5.74) is 0.0177. The van der Waals surface area contributed by atoms with Gasteiger partial charge in [0.05, 0.1) is 0 Å². The Labute approximate surface area is 126 Å². The second-order valence-corrected chi connectivity index (χ2v) is 5.75. The largest absolute Gasteiger partial charge is 0.507 e. The third-order valence-corrected chi connectivity index (χ3v) is 3.39. The minimum absolute atomic E-state index is 0.000439. The van der Waals surface area contributed by atoms with Gasteiger partial charge in [0.2, 0.25) is 0 Å². The maximum Gasteiger partial charge on any atom is 0.342 e. The molecule has 0 aliphatic heterocycles. The number of hydrogen-bond donors (Lipinski definition) is 2. The molecule has 5 nitrogen and oxygen atoms in total. The first kappa shape index (κ1) is 16.5. The molecule has 1 atom stereocenters. The molecular weight excluding hydrogens is 326 g/mol. The standard InChI is InChI=1S/C14H18BrNO4/c1-8(2)9(3)16-13(18)7-20-14(19)11-6-10(15)4-5-12(11)17/h4-6,8-9,17H,7H2,1-3H3,(H,16,18)/t9-/m0/s1. The molecule has 0 heterocycles. The van der Waals surface area contributed by atoms with E-state index in [0.717, 1.165) is 0 Å². The van der Waals surface area contributed by atoms with Gasteiger partial charge in [0.25, 0.3) is 5.91 Å². The van der Waals surface area contributed by atoms with Crippen molar-refractivity contribution in [3.63, 3.8) is 0 Å². The van der Waals surface area contributed by atoms with Gasteiger partial charge in [-0.3, -0.25) is 4.79 Å². The van der Waals surface area contributed by atoms with E-state index in [1.807, 2.05) is 20.8 Å². The number of amides is 1.